The number of thioether (sulfide) groups is 1. The van der Waals surface area contributed by atoms with Crippen LogP contribution < -0.4 is 15.6 Å². The average Bonchev–Trinajstić information content (AvgIpc) is 2.89. The van der Waals surface area contributed by atoms with Crippen LogP contribution in [0.2, 0.25) is 0 Å². The highest BCUT2D eigenvalue weighted by molar-refractivity contribution is 7.98. The molecule has 10 heteroatoms. The van der Waals surface area contributed by atoms with Crippen LogP contribution in [0.1, 0.15) is 21.5 Å². The first-order chi connectivity index (χ1) is 17.3. The van der Waals surface area contributed by atoms with E-state index in [2.05, 4.69) is 15.8 Å². The predicted octanol–water partition coefficient (Wildman–Crippen LogP) is 3.84. The number of hydrogen-bond acceptors (Lipinski definition) is 7. The third-order valence-corrected chi connectivity index (χ3v) is 6.26. The van der Waals surface area contributed by atoms with Crippen LogP contribution in [-0.2, 0) is 10.5 Å². The normalized spacial score (nSPS) is 11.6. The molecule has 1 atom stereocenters. The minimum absolute atomic E-state index is 0.118. The van der Waals surface area contributed by atoms with E-state index in [0.717, 1.165) is 16.8 Å². The number of nitrogens with zero attached hydrogens (tertiary/aromatic N) is 3. The Balaban J connectivity index is 1.65. The number of rotatable bonds is 11. The maximum absolute atomic E-state index is 12.9. The van der Waals surface area contributed by atoms with E-state index in [1.54, 1.807) is 0 Å². The second-order valence-corrected chi connectivity index (χ2v) is 9.08. The van der Waals surface area contributed by atoms with Gasteiger partial charge in [0.2, 0.25) is 0 Å². The number of nitro groups is 1. The van der Waals surface area contributed by atoms with Gasteiger partial charge >= 0.3 is 0 Å². The monoisotopic (exact) mass is 505 g/mol. The van der Waals surface area contributed by atoms with Crippen LogP contribution in [0.15, 0.2) is 84.0 Å². The molecule has 1 unspecified atom stereocenters. The number of carbonyl (C=O) groups excluding carboxylic acids is 2. The predicted molar refractivity (Wildman–Crippen MR) is 143 cm³/mol. The zero-order chi connectivity index (χ0) is 25.9. The Labute approximate surface area is 213 Å². The van der Waals surface area contributed by atoms with E-state index >= 15 is 0 Å². The lowest BCUT2D eigenvalue weighted by Gasteiger charge is -2.17. The van der Waals surface area contributed by atoms with Crippen LogP contribution in [0.5, 0.6) is 0 Å². The Hall–Kier alpha value is -4.18. The number of nitrogens with one attached hydrogen (secondary N) is 2. The highest BCUT2D eigenvalue weighted by Gasteiger charge is 2.22. The van der Waals surface area contributed by atoms with Crippen molar-refractivity contribution in [2.75, 3.05) is 24.7 Å². The lowest BCUT2D eigenvalue weighted by Crippen LogP contribution is -2.47. The van der Waals surface area contributed by atoms with Gasteiger partial charge in [-0.2, -0.15) is 16.9 Å². The van der Waals surface area contributed by atoms with E-state index in [9.17, 15) is 19.7 Å². The highest BCUT2D eigenvalue weighted by atomic mass is 32.2. The molecule has 0 aliphatic rings. The minimum Gasteiger partial charge on any atom is -0.378 e. The highest BCUT2D eigenvalue weighted by Crippen LogP contribution is 2.15. The first kappa shape index (κ1) is 26.4. The number of nitro benzene ring substituents is 1. The molecule has 0 bridgehead atoms. The second kappa shape index (κ2) is 13.1. The largest absolute Gasteiger partial charge is 0.378 e. The van der Waals surface area contributed by atoms with E-state index in [4.69, 9.17) is 0 Å². The zero-order valence-corrected chi connectivity index (χ0v) is 20.8. The van der Waals surface area contributed by atoms with Crippen LogP contribution in [0.3, 0.4) is 0 Å². The molecule has 0 aliphatic carbocycles. The molecule has 2 amide bonds. The van der Waals surface area contributed by atoms with Crippen LogP contribution in [0.4, 0.5) is 11.4 Å². The molecule has 0 fully saturated rings. The fourth-order valence-electron chi connectivity index (χ4n) is 3.13. The number of non-ortho nitro benzene ring substituents is 1. The van der Waals surface area contributed by atoms with Gasteiger partial charge < -0.3 is 10.2 Å². The molecule has 0 aliphatic heterocycles. The van der Waals surface area contributed by atoms with Crippen LogP contribution in [0, 0.1) is 10.1 Å². The van der Waals surface area contributed by atoms with E-state index in [0.29, 0.717) is 11.5 Å². The van der Waals surface area contributed by atoms with Crippen molar-refractivity contribution < 1.29 is 14.5 Å². The van der Waals surface area contributed by atoms with Crippen molar-refractivity contribution in [3.8, 4) is 0 Å². The molecule has 0 aromatic heterocycles. The van der Waals surface area contributed by atoms with E-state index in [-0.39, 0.29) is 11.3 Å². The van der Waals surface area contributed by atoms with Gasteiger partial charge in [0.1, 0.15) is 6.04 Å². The van der Waals surface area contributed by atoms with Crippen molar-refractivity contribution in [2.24, 2.45) is 5.10 Å². The Morgan fingerprint density at radius 2 is 1.69 bits per heavy atom. The van der Waals surface area contributed by atoms with E-state index in [1.807, 2.05) is 73.6 Å². The molecule has 0 heterocycles. The van der Waals surface area contributed by atoms with Gasteiger partial charge in [0.05, 0.1) is 11.1 Å². The number of hydrogen-bond donors (Lipinski definition) is 2. The van der Waals surface area contributed by atoms with Crippen molar-refractivity contribution >= 4 is 41.2 Å². The van der Waals surface area contributed by atoms with Crippen molar-refractivity contribution in [1.82, 2.24) is 10.7 Å². The molecule has 3 aromatic rings. The lowest BCUT2D eigenvalue weighted by atomic mass is 10.2. The Bertz CT molecular complexity index is 1200. The molecule has 186 valence electrons. The molecule has 0 saturated carbocycles. The maximum Gasteiger partial charge on any atom is 0.269 e. The van der Waals surface area contributed by atoms with Crippen LogP contribution in [0.25, 0.3) is 0 Å². The smallest absolute Gasteiger partial charge is 0.269 e. The van der Waals surface area contributed by atoms with Gasteiger partial charge in [0.15, 0.2) is 0 Å². The lowest BCUT2D eigenvalue weighted by molar-refractivity contribution is -0.384. The molecule has 0 saturated heterocycles. The van der Waals surface area contributed by atoms with Crippen LogP contribution >= 0.6 is 11.8 Å². The summed E-state index contributed by atoms with van der Waals surface area (Å²) in [6, 6.07) is 21.8. The van der Waals surface area contributed by atoms with Crippen LogP contribution in [-0.4, -0.2) is 48.8 Å². The molecule has 0 spiro atoms. The summed E-state index contributed by atoms with van der Waals surface area (Å²) in [6.45, 7) is 0. The van der Waals surface area contributed by atoms with Crippen molar-refractivity contribution in [1.29, 1.82) is 0 Å². The zero-order valence-electron chi connectivity index (χ0n) is 20.0. The van der Waals surface area contributed by atoms with Gasteiger partial charge in [0, 0.05) is 49.0 Å². The SMILES string of the molecule is CN(C)c1ccc(/C=N/NC(=O)C(CSCc2ccccc2)NC(=O)c2ccc([N+](=O)[O-])cc2)cc1. The fourth-order valence-corrected chi connectivity index (χ4v) is 4.15. The number of carbonyl (C=O) groups is 2. The summed E-state index contributed by atoms with van der Waals surface area (Å²) >= 11 is 1.50. The van der Waals surface area contributed by atoms with Gasteiger partial charge in [-0.05, 0) is 35.4 Å². The molecule has 3 rings (SSSR count). The van der Waals surface area contributed by atoms with Crippen molar-refractivity contribution in [3.63, 3.8) is 0 Å². The van der Waals surface area contributed by atoms with Crippen molar-refractivity contribution in [2.45, 2.75) is 11.8 Å². The average molecular weight is 506 g/mol. The number of amides is 2. The molecule has 3 aromatic carbocycles. The molecule has 2 N–H and O–H groups in total. The van der Waals surface area contributed by atoms with Gasteiger partial charge in [-0.1, -0.05) is 42.5 Å². The molecular weight excluding hydrogens is 478 g/mol. The Morgan fingerprint density at radius 3 is 2.31 bits per heavy atom. The summed E-state index contributed by atoms with van der Waals surface area (Å²) in [6.07, 6.45) is 1.53. The fraction of sp³-hybridized carbons (Fsp3) is 0.192. The van der Waals surface area contributed by atoms with Gasteiger partial charge in [-0.3, -0.25) is 19.7 Å². The van der Waals surface area contributed by atoms with Crippen molar-refractivity contribution in [3.05, 3.63) is 106 Å². The van der Waals surface area contributed by atoms with Gasteiger partial charge in [-0.15, -0.1) is 0 Å². The number of anilines is 1. The Kier molecular flexibility index (Phi) is 9.58. The summed E-state index contributed by atoms with van der Waals surface area (Å²) in [7, 11) is 3.90. The second-order valence-electron chi connectivity index (χ2n) is 8.05. The minimum atomic E-state index is -0.866. The summed E-state index contributed by atoms with van der Waals surface area (Å²) < 4.78 is 0. The molecule has 0 radical (unpaired) electrons. The molecule has 36 heavy (non-hydrogen) atoms. The Morgan fingerprint density at radius 1 is 1.03 bits per heavy atom. The summed E-state index contributed by atoms with van der Waals surface area (Å²) in [5.74, 6) is 0.00652. The summed E-state index contributed by atoms with van der Waals surface area (Å²) in [5, 5.41) is 17.6. The first-order valence-electron chi connectivity index (χ1n) is 11.1. The summed E-state index contributed by atoms with van der Waals surface area (Å²) in [4.78, 5) is 37.9. The molecule has 9 nitrogen and oxygen atoms in total. The van der Waals surface area contributed by atoms with Gasteiger partial charge in [-0.25, -0.2) is 5.43 Å². The number of benzene rings is 3. The topological polar surface area (TPSA) is 117 Å². The third kappa shape index (κ3) is 7.95. The standard InChI is InChI=1S/C26H27N5O4S/c1-30(2)22-12-8-19(9-13-22)16-27-29-26(33)24(18-36-17-20-6-4-3-5-7-20)28-25(32)21-10-14-23(15-11-21)31(34)35/h3-16,24H,17-18H2,1-2H3,(H,28,32)(H,29,33)/b27-16+. The van der Waals surface area contributed by atoms with E-state index in [1.165, 1.54) is 42.2 Å². The third-order valence-electron chi connectivity index (χ3n) is 5.16. The quantitative estimate of drug-likeness (QED) is 0.232. The maximum atomic E-state index is 12.9. The van der Waals surface area contributed by atoms with E-state index < -0.39 is 22.8 Å². The molecular formula is C26H27N5O4S. The summed E-state index contributed by atoms with van der Waals surface area (Å²) in [5.41, 5.74) is 5.55. The number of hydrazone groups is 1. The van der Waals surface area contributed by atoms with Gasteiger partial charge in [0.25, 0.3) is 17.5 Å². The first-order valence-corrected chi connectivity index (χ1v) is 12.3.